The maximum Gasteiger partial charge on any atom is 0.340 e. The highest BCUT2D eigenvalue weighted by atomic mass is 79.9. The van der Waals surface area contributed by atoms with Crippen LogP contribution < -0.4 is 5.73 Å². The first-order valence-electron chi connectivity index (χ1n) is 4.26. The Balaban J connectivity index is 3.47. The van der Waals surface area contributed by atoms with E-state index in [1.54, 1.807) is 0 Å². The summed E-state index contributed by atoms with van der Waals surface area (Å²) in [6.45, 7) is -0.0622. The average Bonchev–Trinajstić information content (AvgIpc) is 2.27. The molecule has 0 spiro atoms. The van der Waals surface area contributed by atoms with Crippen LogP contribution in [-0.2, 0) is 11.3 Å². The fourth-order valence-electron chi connectivity index (χ4n) is 1.24. The van der Waals surface area contributed by atoms with Gasteiger partial charge in [0.25, 0.3) is 6.43 Å². The van der Waals surface area contributed by atoms with Gasteiger partial charge in [0.1, 0.15) is 5.69 Å². The second-order valence-electron chi connectivity index (χ2n) is 2.84. The molecule has 0 aliphatic carbocycles. The number of alkyl halides is 2. The van der Waals surface area contributed by atoms with Crippen LogP contribution in [0.3, 0.4) is 0 Å². The van der Waals surface area contributed by atoms with Crippen molar-refractivity contribution in [2.45, 2.75) is 13.0 Å². The Morgan fingerprint density at radius 3 is 2.75 bits per heavy atom. The molecule has 0 fully saturated rings. The number of aromatic nitrogens is 1. The zero-order chi connectivity index (χ0) is 12.3. The first kappa shape index (κ1) is 13.0. The number of carbonyl (C=O) groups excluding carboxylic acids is 1. The summed E-state index contributed by atoms with van der Waals surface area (Å²) in [7, 11) is 1.11. The molecule has 0 unspecified atom stereocenters. The van der Waals surface area contributed by atoms with Gasteiger partial charge < -0.3 is 10.5 Å². The zero-order valence-electron chi connectivity index (χ0n) is 8.34. The Kier molecular flexibility index (Phi) is 4.31. The molecule has 0 atom stereocenters. The van der Waals surface area contributed by atoms with E-state index in [4.69, 9.17) is 5.73 Å². The van der Waals surface area contributed by atoms with Crippen molar-refractivity contribution in [2.24, 2.45) is 5.73 Å². The molecular weight excluding hydrogens is 286 g/mol. The third-order valence-electron chi connectivity index (χ3n) is 1.96. The molecule has 0 aromatic carbocycles. The Labute approximate surface area is 98.9 Å². The molecule has 0 bridgehead atoms. The normalized spacial score (nSPS) is 10.6. The standard InChI is InChI=1S/C9H9BrF2N2O2/c1-16-9(15)6-4(2-13)5(10)3-14-7(6)8(11)12/h3,8H,2,13H2,1H3. The summed E-state index contributed by atoms with van der Waals surface area (Å²) in [6.07, 6.45) is -1.66. The molecule has 7 heteroatoms. The van der Waals surface area contributed by atoms with Crippen LogP contribution in [-0.4, -0.2) is 18.1 Å². The van der Waals surface area contributed by atoms with Crippen LogP contribution in [0.4, 0.5) is 8.78 Å². The predicted molar refractivity (Wildman–Crippen MR) is 56.1 cm³/mol. The van der Waals surface area contributed by atoms with Gasteiger partial charge in [-0.2, -0.15) is 0 Å². The van der Waals surface area contributed by atoms with Gasteiger partial charge >= 0.3 is 5.97 Å². The summed E-state index contributed by atoms with van der Waals surface area (Å²) in [4.78, 5) is 14.9. The molecule has 4 nitrogen and oxygen atoms in total. The number of methoxy groups -OCH3 is 1. The van der Waals surface area contributed by atoms with Crippen LogP contribution in [0, 0.1) is 0 Å². The van der Waals surface area contributed by atoms with Gasteiger partial charge in [-0.3, -0.25) is 4.98 Å². The molecule has 1 aromatic rings. The van der Waals surface area contributed by atoms with Crippen molar-refractivity contribution in [1.82, 2.24) is 4.98 Å². The minimum Gasteiger partial charge on any atom is -0.465 e. The average molecular weight is 295 g/mol. The summed E-state index contributed by atoms with van der Waals surface area (Å²) in [6, 6.07) is 0. The second kappa shape index (κ2) is 5.31. The predicted octanol–water partition coefficient (Wildman–Crippen LogP) is 2.03. The number of nitrogens with two attached hydrogens (primary N) is 1. The minimum absolute atomic E-state index is 0.0622. The second-order valence-corrected chi connectivity index (χ2v) is 3.70. The number of pyridine rings is 1. The van der Waals surface area contributed by atoms with Crippen LogP contribution in [0.25, 0.3) is 0 Å². The Hall–Kier alpha value is -1.08. The van der Waals surface area contributed by atoms with Crippen molar-refractivity contribution in [3.63, 3.8) is 0 Å². The van der Waals surface area contributed by atoms with Crippen molar-refractivity contribution < 1.29 is 18.3 Å². The van der Waals surface area contributed by atoms with Gasteiger partial charge in [0, 0.05) is 17.2 Å². The topological polar surface area (TPSA) is 65.2 Å². The Bertz CT molecular complexity index is 413. The molecular formula is C9H9BrF2N2O2. The van der Waals surface area contributed by atoms with E-state index in [9.17, 15) is 13.6 Å². The van der Waals surface area contributed by atoms with Gasteiger partial charge in [0.05, 0.1) is 12.7 Å². The molecule has 0 aliphatic heterocycles. The van der Waals surface area contributed by atoms with Gasteiger partial charge in [-0.05, 0) is 21.5 Å². The van der Waals surface area contributed by atoms with E-state index in [1.165, 1.54) is 6.20 Å². The van der Waals surface area contributed by atoms with Crippen molar-refractivity contribution >= 4 is 21.9 Å². The quantitative estimate of drug-likeness (QED) is 0.866. The number of nitrogens with zero attached hydrogens (tertiary/aromatic N) is 1. The highest BCUT2D eigenvalue weighted by molar-refractivity contribution is 9.10. The van der Waals surface area contributed by atoms with Gasteiger partial charge in [-0.15, -0.1) is 0 Å². The van der Waals surface area contributed by atoms with E-state index in [1.807, 2.05) is 0 Å². The third-order valence-corrected chi connectivity index (χ3v) is 2.65. The molecule has 16 heavy (non-hydrogen) atoms. The number of esters is 1. The molecule has 0 saturated heterocycles. The van der Waals surface area contributed by atoms with Crippen LogP contribution in [0.1, 0.15) is 28.0 Å². The number of halogens is 3. The van der Waals surface area contributed by atoms with E-state index in [-0.39, 0.29) is 17.7 Å². The number of hydrogen-bond acceptors (Lipinski definition) is 4. The SMILES string of the molecule is COC(=O)c1c(C(F)F)ncc(Br)c1CN. The third kappa shape index (κ3) is 2.35. The van der Waals surface area contributed by atoms with Crippen molar-refractivity contribution in [2.75, 3.05) is 7.11 Å². The lowest BCUT2D eigenvalue weighted by atomic mass is 10.1. The molecule has 1 rings (SSSR count). The van der Waals surface area contributed by atoms with Crippen LogP contribution in [0.5, 0.6) is 0 Å². The van der Waals surface area contributed by atoms with E-state index in [0.29, 0.717) is 4.47 Å². The smallest absolute Gasteiger partial charge is 0.340 e. The van der Waals surface area contributed by atoms with Gasteiger partial charge in [-0.25, -0.2) is 13.6 Å². The fraction of sp³-hybridized carbons (Fsp3) is 0.333. The summed E-state index contributed by atoms with van der Waals surface area (Å²) < 4.78 is 30.1. The lowest BCUT2D eigenvalue weighted by Crippen LogP contribution is -2.15. The Morgan fingerprint density at radius 1 is 1.69 bits per heavy atom. The summed E-state index contributed by atoms with van der Waals surface area (Å²) in [5.74, 6) is -0.871. The summed E-state index contributed by atoms with van der Waals surface area (Å²) in [5.41, 5.74) is 4.78. The lowest BCUT2D eigenvalue weighted by molar-refractivity contribution is 0.0585. The molecule has 1 heterocycles. The van der Waals surface area contributed by atoms with Gasteiger partial charge in [-0.1, -0.05) is 0 Å². The highest BCUT2D eigenvalue weighted by Crippen LogP contribution is 2.28. The number of hydrogen-bond donors (Lipinski definition) is 1. The number of ether oxygens (including phenoxy) is 1. The number of rotatable bonds is 3. The molecule has 1 aromatic heterocycles. The Morgan fingerprint density at radius 2 is 2.31 bits per heavy atom. The molecule has 0 radical (unpaired) electrons. The minimum atomic E-state index is -2.85. The van der Waals surface area contributed by atoms with Crippen LogP contribution >= 0.6 is 15.9 Å². The van der Waals surface area contributed by atoms with E-state index < -0.39 is 18.1 Å². The van der Waals surface area contributed by atoms with Crippen molar-refractivity contribution in [3.05, 3.63) is 27.5 Å². The molecule has 2 N–H and O–H groups in total. The lowest BCUT2D eigenvalue weighted by Gasteiger charge is -2.12. The monoisotopic (exact) mass is 294 g/mol. The molecule has 88 valence electrons. The highest BCUT2D eigenvalue weighted by Gasteiger charge is 2.25. The first-order valence-corrected chi connectivity index (χ1v) is 5.06. The van der Waals surface area contributed by atoms with Gasteiger partial charge in [0.15, 0.2) is 0 Å². The first-order chi connectivity index (χ1) is 7.52. The molecule has 0 saturated carbocycles. The zero-order valence-corrected chi connectivity index (χ0v) is 9.92. The van der Waals surface area contributed by atoms with Crippen molar-refractivity contribution in [3.8, 4) is 0 Å². The van der Waals surface area contributed by atoms with Crippen molar-refractivity contribution in [1.29, 1.82) is 0 Å². The fourth-order valence-corrected chi connectivity index (χ4v) is 1.70. The largest absolute Gasteiger partial charge is 0.465 e. The number of carbonyl (C=O) groups is 1. The van der Waals surface area contributed by atoms with Crippen LogP contribution in [0.2, 0.25) is 0 Å². The maximum atomic E-state index is 12.6. The molecule has 0 aliphatic rings. The van der Waals surface area contributed by atoms with E-state index in [2.05, 4.69) is 25.7 Å². The summed E-state index contributed by atoms with van der Waals surface area (Å²) >= 11 is 3.09. The maximum absolute atomic E-state index is 12.6. The van der Waals surface area contributed by atoms with E-state index >= 15 is 0 Å². The summed E-state index contributed by atoms with van der Waals surface area (Å²) in [5, 5.41) is 0. The van der Waals surface area contributed by atoms with E-state index in [0.717, 1.165) is 7.11 Å². The van der Waals surface area contributed by atoms with Crippen LogP contribution in [0.15, 0.2) is 10.7 Å². The molecule has 0 amide bonds. The van der Waals surface area contributed by atoms with Gasteiger partial charge in [0.2, 0.25) is 0 Å².